The molecule has 0 atom stereocenters. The van der Waals surface area contributed by atoms with Crippen molar-refractivity contribution >= 4 is 48.9 Å². The minimum atomic E-state index is 0.869. The van der Waals surface area contributed by atoms with Gasteiger partial charge in [-0.2, -0.15) is 0 Å². The number of nitrogens with one attached hydrogen (secondary N) is 1. The lowest BCUT2D eigenvalue weighted by molar-refractivity contribution is 1.18. The van der Waals surface area contributed by atoms with Crippen LogP contribution in [-0.2, 0) is 6.54 Å². The van der Waals surface area contributed by atoms with E-state index >= 15 is 0 Å². The lowest BCUT2D eigenvalue weighted by atomic mass is 10.2. The van der Waals surface area contributed by atoms with Gasteiger partial charge in [0.05, 0.1) is 3.79 Å². The smallest absolute Gasteiger partial charge is 0.0702 e. The fraction of sp³-hybridized carbons (Fsp3) is 0.167. The van der Waals surface area contributed by atoms with Gasteiger partial charge in [0.1, 0.15) is 0 Å². The summed E-state index contributed by atoms with van der Waals surface area (Å²) >= 11 is 8.76. The van der Waals surface area contributed by atoms with Gasteiger partial charge in [-0.25, -0.2) is 0 Å². The Balaban J connectivity index is 2.07. The third-order valence-corrected chi connectivity index (χ3v) is 4.83. The van der Waals surface area contributed by atoms with E-state index in [-0.39, 0.29) is 0 Å². The summed E-state index contributed by atoms with van der Waals surface area (Å²) in [7, 11) is 0. The SMILES string of the molecule is Cc1c(Br)cccc1NCc1ccc(Br)s1. The number of thiophene rings is 1. The number of halogens is 2. The molecule has 0 unspecified atom stereocenters. The summed E-state index contributed by atoms with van der Waals surface area (Å²) in [6.45, 7) is 2.98. The minimum absolute atomic E-state index is 0.869. The molecule has 1 heterocycles. The molecule has 4 heteroatoms. The highest BCUT2D eigenvalue weighted by atomic mass is 79.9. The van der Waals surface area contributed by atoms with Crippen molar-refractivity contribution in [2.24, 2.45) is 0 Å². The van der Waals surface area contributed by atoms with E-state index in [4.69, 9.17) is 0 Å². The Bertz CT molecular complexity index is 494. The molecule has 16 heavy (non-hydrogen) atoms. The summed E-state index contributed by atoms with van der Waals surface area (Å²) in [6.07, 6.45) is 0. The molecule has 0 amide bonds. The van der Waals surface area contributed by atoms with Crippen LogP contribution in [0.5, 0.6) is 0 Å². The summed E-state index contributed by atoms with van der Waals surface area (Å²) in [5.74, 6) is 0. The maximum absolute atomic E-state index is 3.53. The monoisotopic (exact) mass is 359 g/mol. The van der Waals surface area contributed by atoms with Crippen LogP contribution in [0.1, 0.15) is 10.4 Å². The third-order valence-electron chi connectivity index (χ3n) is 2.35. The largest absolute Gasteiger partial charge is 0.380 e. The Morgan fingerprint density at radius 2 is 2.00 bits per heavy atom. The lowest BCUT2D eigenvalue weighted by Gasteiger charge is -2.09. The molecule has 0 saturated heterocycles. The van der Waals surface area contributed by atoms with Crippen molar-refractivity contribution in [2.45, 2.75) is 13.5 Å². The lowest BCUT2D eigenvalue weighted by Crippen LogP contribution is -1.99. The Morgan fingerprint density at radius 3 is 2.69 bits per heavy atom. The second-order valence-corrected chi connectivity index (χ2v) is 6.87. The van der Waals surface area contributed by atoms with E-state index in [1.807, 2.05) is 6.07 Å². The first-order valence-electron chi connectivity index (χ1n) is 4.90. The van der Waals surface area contributed by atoms with Crippen LogP contribution in [0.2, 0.25) is 0 Å². The zero-order valence-electron chi connectivity index (χ0n) is 8.76. The van der Waals surface area contributed by atoms with Crippen molar-refractivity contribution in [1.29, 1.82) is 0 Å². The molecule has 0 radical (unpaired) electrons. The molecule has 1 nitrogen and oxygen atoms in total. The van der Waals surface area contributed by atoms with E-state index in [0.717, 1.165) is 11.0 Å². The summed E-state index contributed by atoms with van der Waals surface area (Å²) in [5.41, 5.74) is 2.43. The highest BCUT2D eigenvalue weighted by Gasteiger charge is 2.02. The van der Waals surface area contributed by atoms with Crippen molar-refractivity contribution in [3.05, 3.63) is 49.0 Å². The molecule has 0 spiro atoms. The Labute approximate surface area is 116 Å². The van der Waals surface area contributed by atoms with Gasteiger partial charge in [0, 0.05) is 21.6 Å². The fourth-order valence-electron chi connectivity index (χ4n) is 1.43. The van der Waals surface area contributed by atoms with Crippen LogP contribution in [0.4, 0.5) is 5.69 Å². The molecule has 0 aliphatic carbocycles. The van der Waals surface area contributed by atoms with Crippen LogP contribution in [-0.4, -0.2) is 0 Å². The van der Waals surface area contributed by atoms with E-state index < -0.39 is 0 Å². The number of hydrogen-bond donors (Lipinski definition) is 1. The average Bonchev–Trinajstić information content (AvgIpc) is 2.67. The topological polar surface area (TPSA) is 12.0 Å². The van der Waals surface area contributed by atoms with E-state index in [1.54, 1.807) is 11.3 Å². The van der Waals surface area contributed by atoms with E-state index in [1.165, 1.54) is 19.9 Å². The zero-order valence-corrected chi connectivity index (χ0v) is 12.7. The van der Waals surface area contributed by atoms with Crippen molar-refractivity contribution in [1.82, 2.24) is 0 Å². The molecule has 1 aromatic heterocycles. The highest BCUT2D eigenvalue weighted by molar-refractivity contribution is 9.11. The zero-order chi connectivity index (χ0) is 11.5. The molecule has 0 aliphatic rings. The van der Waals surface area contributed by atoms with Gasteiger partial charge in [0.25, 0.3) is 0 Å². The first-order chi connectivity index (χ1) is 7.66. The summed E-state index contributed by atoms with van der Waals surface area (Å²) in [6, 6.07) is 10.4. The van der Waals surface area contributed by atoms with E-state index in [0.29, 0.717) is 0 Å². The number of hydrogen-bond acceptors (Lipinski definition) is 2. The van der Waals surface area contributed by atoms with Crippen LogP contribution in [0.3, 0.4) is 0 Å². The Hall–Kier alpha value is -0.320. The maximum Gasteiger partial charge on any atom is 0.0702 e. The number of rotatable bonds is 3. The first-order valence-corrected chi connectivity index (χ1v) is 7.30. The van der Waals surface area contributed by atoms with Gasteiger partial charge < -0.3 is 5.32 Å². The Kier molecular flexibility index (Phi) is 4.05. The van der Waals surface area contributed by atoms with Gasteiger partial charge in [-0.05, 0) is 52.7 Å². The molecule has 2 rings (SSSR count). The fourth-order valence-corrected chi connectivity index (χ4v) is 3.22. The Morgan fingerprint density at radius 1 is 1.19 bits per heavy atom. The maximum atomic E-state index is 3.53. The van der Waals surface area contributed by atoms with Gasteiger partial charge in [-0.1, -0.05) is 22.0 Å². The van der Waals surface area contributed by atoms with E-state index in [2.05, 4.69) is 68.4 Å². The molecular formula is C12H11Br2NS. The summed E-state index contributed by atoms with van der Waals surface area (Å²) in [5, 5.41) is 3.44. The van der Waals surface area contributed by atoms with Crippen molar-refractivity contribution < 1.29 is 0 Å². The molecule has 1 N–H and O–H groups in total. The summed E-state index contributed by atoms with van der Waals surface area (Å²) < 4.78 is 2.32. The van der Waals surface area contributed by atoms with Crippen LogP contribution >= 0.6 is 43.2 Å². The van der Waals surface area contributed by atoms with Crippen LogP contribution in [0, 0.1) is 6.92 Å². The minimum Gasteiger partial charge on any atom is -0.380 e. The molecule has 0 aliphatic heterocycles. The third kappa shape index (κ3) is 2.87. The van der Waals surface area contributed by atoms with Gasteiger partial charge in [0.15, 0.2) is 0 Å². The molecule has 2 aromatic rings. The molecular weight excluding hydrogens is 350 g/mol. The van der Waals surface area contributed by atoms with Gasteiger partial charge in [0.2, 0.25) is 0 Å². The number of anilines is 1. The van der Waals surface area contributed by atoms with Gasteiger partial charge in [-0.15, -0.1) is 11.3 Å². The van der Waals surface area contributed by atoms with Crippen molar-refractivity contribution in [3.8, 4) is 0 Å². The van der Waals surface area contributed by atoms with Crippen LogP contribution in [0.15, 0.2) is 38.6 Å². The second-order valence-electron chi connectivity index (χ2n) is 3.47. The van der Waals surface area contributed by atoms with Crippen LogP contribution < -0.4 is 5.32 Å². The molecule has 1 aromatic carbocycles. The predicted molar refractivity (Wildman–Crippen MR) is 78.2 cm³/mol. The van der Waals surface area contributed by atoms with E-state index in [9.17, 15) is 0 Å². The molecule has 84 valence electrons. The van der Waals surface area contributed by atoms with Crippen LogP contribution in [0.25, 0.3) is 0 Å². The first kappa shape index (κ1) is 12.1. The molecule has 0 fully saturated rings. The van der Waals surface area contributed by atoms with Crippen molar-refractivity contribution in [3.63, 3.8) is 0 Å². The quantitative estimate of drug-likeness (QED) is 0.793. The molecule has 0 saturated carbocycles. The predicted octanol–water partition coefficient (Wildman–Crippen LogP) is 5.19. The standard InChI is InChI=1S/C12H11Br2NS/c1-8-10(13)3-2-4-11(8)15-7-9-5-6-12(14)16-9/h2-6,15H,7H2,1H3. The van der Waals surface area contributed by atoms with Gasteiger partial charge >= 0.3 is 0 Å². The summed E-state index contributed by atoms with van der Waals surface area (Å²) in [4.78, 5) is 1.33. The highest BCUT2D eigenvalue weighted by Crippen LogP contribution is 2.26. The van der Waals surface area contributed by atoms with Crippen molar-refractivity contribution in [2.75, 3.05) is 5.32 Å². The van der Waals surface area contributed by atoms with Gasteiger partial charge in [-0.3, -0.25) is 0 Å². The number of benzene rings is 1. The average molecular weight is 361 g/mol. The second kappa shape index (κ2) is 5.34. The normalized spacial score (nSPS) is 10.4. The molecule has 0 bridgehead atoms.